The highest BCUT2D eigenvalue weighted by Gasteiger charge is 2.69. The fourth-order valence-electron chi connectivity index (χ4n) is 5.85. The number of amides is 1. The van der Waals surface area contributed by atoms with Gasteiger partial charge in [-0.25, -0.2) is 8.78 Å². The van der Waals surface area contributed by atoms with Crippen molar-refractivity contribution in [1.82, 2.24) is 15.1 Å². The van der Waals surface area contributed by atoms with E-state index in [9.17, 15) is 18.7 Å². The van der Waals surface area contributed by atoms with Gasteiger partial charge in [-0.3, -0.25) is 4.79 Å². The van der Waals surface area contributed by atoms with Gasteiger partial charge >= 0.3 is 0 Å². The third kappa shape index (κ3) is 2.25. The van der Waals surface area contributed by atoms with E-state index in [-0.39, 0.29) is 23.1 Å². The van der Waals surface area contributed by atoms with Crippen molar-refractivity contribution in [2.24, 2.45) is 5.41 Å². The molecule has 7 heteroatoms. The van der Waals surface area contributed by atoms with Crippen LogP contribution in [0.1, 0.15) is 50.8 Å². The fraction of sp³-hybridized carbons (Fsp3) is 0.500. The quantitative estimate of drug-likeness (QED) is 0.843. The number of benzene rings is 1. The first-order valence-corrected chi connectivity index (χ1v) is 9.93. The van der Waals surface area contributed by atoms with Crippen molar-refractivity contribution >= 4 is 5.91 Å². The van der Waals surface area contributed by atoms with E-state index in [0.717, 1.165) is 12.0 Å². The van der Waals surface area contributed by atoms with E-state index < -0.39 is 28.1 Å². The number of likely N-dealkylation sites (tertiary alicyclic amines) is 1. The molecule has 5 nitrogen and oxygen atoms in total. The minimum atomic E-state index is -0.853. The summed E-state index contributed by atoms with van der Waals surface area (Å²) in [4.78, 5) is 15.2. The Morgan fingerprint density at radius 2 is 1.83 bits per heavy atom. The molecule has 0 unspecified atom stereocenters. The third-order valence-electron chi connectivity index (χ3n) is 7.32. The molecule has 1 amide bonds. The second-order valence-electron chi connectivity index (χ2n) is 9.51. The van der Waals surface area contributed by atoms with Crippen LogP contribution in [0.25, 0.3) is 11.3 Å². The van der Waals surface area contributed by atoms with Crippen LogP contribution in [0.5, 0.6) is 0 Å². The van der Waals surface area contributed by atoms with Gasteiger partial charge in [0.25, 0.3) is 0 Å². The first kappa shape index (κ1) is 18.6. The van der Waals surface area contributed by atoms with Crippen molar-refractivity contribution in [3.8, 4) is 11.3 Å². The molecule has 29 heavy (non-hydrogen) atoms. The maximum absolute atomic E-state index is 14.3. The number of rotatable bonds is 2. The van der Waals surface area contributed by atoms with Gasteiger partial charge in [-0.1, -0.05) is 19.9 Å². The molecular weight excluding hydrogens is 376 g/mol. The predicted octanol–water partition coefficient (Wildman–Crippen LogP) is 3.17. The van der Waals surface area contributed by atoms with Crippen molar-refractivity contribution in [2.75, 3.05) is 13.1 Å². The van der Waals surface area contributed by atoms with Crippen molar-refractivity contribution in [2.45, 2.75) is 50.5 Å². The van der Waals surface area contributed by atoms with E-state index in [4.69, 9.17) is 0 Å². The van der Waals surface area contributed by atoms with Crippen molar-refractivity contribution in [1.29, 1.82) is 0 Å². The second kappa shape index (κ2) is 5.59. The van der Waals surface area contributed by atoms with Gasteiger partial charge in [-0.2, -0.15) is 5.10 Å². The molecule has 2 aromatic rings. The summed E-state index contributed by atoms with van der Waals surface area (Å²) in [5.74, 6) is -1.34. The van der Waals surface area contributed by atoms with Crippen LogP contribution in [-0.4, -0.2) is 44.8 Å². The summed E-state index contributed by atoms with van der Waals surface area (Å²) < 4.78 is 28.5. The summed E-state index contributed by atoms with van der Waals surface area (Å²) in [6.07, 6.45) is 1.47. The van der Waals surface area contributed by atoms with E-state index in [0.29, 0.717) is 25.2 Å². The topological polar surface area (TPSA) is 66.3 Å². The van der Waals surface area contributed by atoms with E-state index >= 15 is 0 Å². The number of aromatic nitrogens is 2. The SMILES string of the molecule is CC1(O)CN(C(=O)[C@]23CC[C@H](c4cc(-c5c(F)cccc5F)nnc42)C3(C)C)C1. The Labute approximate surface area is 167 Å². The number of β-amino-alcohol motifs (C(OH)–C–C–N with tert-alkyl or cyclic N) is 1. The summed E-state index contributed by atoms with van der Waals surface area (Å²) in [7, 11) is 0. The van der Waals surface area contributed by atoms with Crippen LogP contribution in [0, 0.1) is 17.0 Å². The van der Waals surface area contributed by atoms with Gasteiger partial charge in [0.2, 0.25) is 5.91 Å². The number of carbonyl (C=O) groups excluding carboxylic acids is 1. The summed E-state index contributed by atoms with van der Waals surface area (Å²) >= 11 is 0. The molecule has 5 rings (SSSR count). The minimum Gasteiger partial charge on any atom is -0.386 e. The van der Waals surface area contributed by atoms with Crippen molar-refractivity contribution < 1.29 is 18.7 Å². The smallest absolute Gasteiger partial charge is 0.235 e. The molecule has 2 bridgehead atoms. The van der Waals surface area contributed by atoms with Crippen LogP contribution in [-0.2, 0) is 10.2 Å². The molecule has 2 aliphatic carbocycles. The molecule has 2 heterocycles. The van der Waals surface area contributed by atoms with Gasteiger partial charge in [0.1, 0.15) is 11.6 Å². The highest BCUT2D eigenvalue weighted by molar-refractivity contribution is 5.92. The molecule has 0 spiro atoms. The minimum absolute atomic E-state index is 0.0330. The van der Waals surface area contributed by atoms with E-state index in [1.165, 1.54) is 18.2 Å². The molecular formula is C22H23F2N3O2. The van der Waals surface area contributed by atoms with Gasteiger partial charge in [0.05, 0.1) is 41.1 Å². The van der Waals surface area contributed by atoms with Crippen LogP contribution >= 0.6 is 0 Å². The number of nitrogens with zero attached hydrogens (tertiary/aromatic N) is 3. The Morgan fingerprint density at radius 1 is 1.17 bits per heavy atom. The molecule has 152 valence electrons. The van der Waals surface area contributed by atoms with Crippen molar-refractivity contribution in [3.63, 3.8) is 0 Å². The number of hydrogen-bond acceptors (Lipinski definition) is 4. The molecule has 1 saturated carbocycles. The average molecular weight is 399 g/mol. The molecule has 3 aliphatic rings. The lowest BCUT2D eigenvalue weighted by molar-refractivity contribution is -0.162. The van der Waals surface area contributed by atoms with E-state index in [1.54, 1.807) is 17.9 Å². The fourth-order valence-corrected chi connectivity index (χ4v) is 5.85. The third-order valence-corrected chi connectivity index (χ3v) is 7.32. The summed E-state index contributed by atoms with van der Waals surface area (Å²) in [5, 5.41) is 18.6. The van der Waals surface area contributed by atoms with Gasteiger partial charge in [0, 0.05) is 0 Å². The van der Waals surface area contributed by atoms with Gasteiger partial charge < -0.3 is 10.0 Å². The van der Waals surface area contributed by atoms with E-state index in [2.05, 4.69) is 24.0 Å². The first-order valence-electron chi connectivity index (χ1n) is 9.93. The predicted molar refractivity (Wildman–Crippen MR) is 102 cm³/mol. The van der Waals surface area contributed by atoms with Crippen LogP contribution < -0.4 is 0 Å². The molecule has 1 saturated heterocycles. The summed E-state index contributed by atoms with van der Waals surface area (Å²) in [5.41, 5.74) is -0.629. The van der Waals surface area contributed by atoms with Crippen LogP contribution in [0.15, 0.2) is 24.3 Å². The lowest BCUT2D eigenvalue weighted by atomic mass is 9.67. The van der Waals surface area contributed by atoms with Gasteiger partial charge in [0.15, 0.2) is 0 Å². The average Bonchev–Trinajstić information content (AvgIpc) is 3.00. The zero-order valence-corrected chi connectivity index (χ0v) is 16.7. The standard InChI is InChI=1S/C22H23F2N3O2/c1-20(2)13-7-8-22(20,19(28)27-10-21(3,29)11-27)18-12(13)9-16(25-26-18)17-14(23)5-4-6-15(17)24/h4-6,9,13,29H,7-8,10-11H2,1-3H3/t13-,22+/m1/s1. The normalized spacial score (nSPS) is 28.2. The summed E-state index contributed by atoms with van der Waals surface area (Å²) in [6, 6.07) is 5.42. The number of halogens is 2. The molecule has 2 atom stereocenters. The van der Waals surface area contributed by atoms with Crippen molar-refractivity contribution in [3.05, 3.63) is 47.2 Å². The second-order valence-corrected chi connectivity index (χ2v) is 9.51. The Morgan fingerprint density at radius 3 is 2.45 bits per heavy atom. The summed E-state index contributed by atoms with van der Waals surface area (Å²) in [6.45, 7) is 6.44. The van der Waals surface area contributed by atoms with Crippen LogP contribution in [0.2, 0.25) is 0 Å². The molecule has 1 aromatic heterocycles. The number of aliphatic hydroxyl groups is 1. The Bertz CT molecular complexity index is 1020. The highest BCUT2D eigenvalue weighted by atomic mass is 19.1. The first-order chi connectivity index (χ1) is 13.6. The van der Waals surface area contributed by atoms with Gasteiger partial charge in [-0.05, 0) is 54.9 Å². The maximum atomic E-state index is 14.3. The zero-order valence-electron chi connectivity index (χ0n) is 16.7. The molecule has 1 aliphatic heterocycles. The molecule has 1 aromatic carbocycles. The Kier molecular flexibility index (Phi) is 3.59. The largest absolute Gasteiger partial charge is 0.386 e. The molecule has 1 N–H and O–H groups in total. The van der Waals surface area contributed by atoms with Gasteiger partial charge in [-0.15, -0.1) is 5.10 Å². The Balaban J connectivity index is 1.62. The molecule has 2 fully saturated rings. The number of fused-ring (bicyclic) bond motifs is 5. The lowest BCUT2D eigenvalue weighted by Gasteiger charge is -2.49. The van der Waals surface area contributed by atoms with Crippen LogP contribution in [0.3, 0.4) is 0 Å². The number of carbonyl (C=O) groups is 1. The lowest BCUT2D eigenvalue weighted by Crippen LogP contribution is -2.66. The highest BCUT2D eigenvalue weighted by Crippen LogP contribution is 2.68. The van der Waals surface area contributed by atoms with Crippen LogP contribution in [0.4, 0.5) is 8.78 Å². The molecule has 0 radical (unpaired) electrons. The van der Waals surface area contributed by atoms with E-state index in [1.807, 2.05) is 0 Å². The Hall–Kier alpha value is -2.41. The monoisotopic (exact) mass is 399 g/mol. The number of hydrogen-bond donors (Lipinski definition) is 1. The zero-order chi connectivity index (χ0) is 20.8. The maximum Gasteiger partial charge on any atom is 0.235 e.